The van der Waals surface area contributed by atoms with Crippen LogP contribution < -0.4 is 11.0 Å². The molecular weight excluding hydrogens is 354 g/mol. The molecule has 5 nitrogen and oxygen atoms in total. The number of carbonyl (C=O) groups excluding carboxylic acids is 1. The molecule has 25 heavy (non-hydrogen) atoms. The van der Waals surface area contributed by atoms with Crippen LogP contribution in [0.4, 0.5) is 0 Å². The number of fused-ring (bicyclic) bond motifs is 1. The molecule has 7 heteroatoms. The normalized spacial score (nSPS) is 11.0. The van der Waals surface area contributed by atoms with Gasteiger partial charge in [0, 0.05) is 16.9 Å². The van der Waals surface area contributed by atoms with E-state index in [0.717, 1.165) is 28.2 Å². The Balaban J connectivity index is 1.99. The number of thioether (sulfide) groups is 1. The van der Waals surface area contributed by atoms with E-state index in [2.05, 4.69) is 10.4 Å². The smallest absolute Gasteiger partial charge is 0.273 e. The molecule has 0 aliphatic carbocycles. The van der Waals surface area contributed by atoms with Crippen molar-refractivity contribution in [3.8, 4) is 11.1 Å². The number of nitrogens with one attached hydrogen (secondary N) is 1. The predicted octanol–water partition coefficient (Wildman–Crippen LogP) is 3.65. The van der Waals surface area contributed by atoms with Gasteiger partial charge in [-0.15, -0.1) is 11.3 Å². The summed E-state index contributed by atoms with van der Waals surface area (Å²) in [6.07, 6.45) is 4.57. The minimum absolute atomic E-state index is 0.175. The summed E-state index contributed by atoms with van der Waals surface area (Å²) in [5.74, 6) is 0.743. The van der Waals surface area contributed by atoms with Crippen molar-refractivity contribution in [3.63, 3.8) is 0 Å². The number of amides is 1. The van der Waals surface area contributed by atoms with Crippen molar-refractivity contribution in [1.82, 2.24) is 9.66 Å². The lowest BCUT2D eigenvalue weighted by molar-refractivity contribution is -0.117. The second-order valence-electron chi connectivity index (χ2n) is 5.63. The summed E-state index contributed by atoms with van der Waals surface area (Å²) < 4.78 is 1.20. The Morgan fingerprint density at radius 1 is 1.32 bits per heavy atom. The molecule has 0 bridgehead atoms. The Kier molecular flexibility index (Phi) is 5.55. The van der Waals surface area contributed by atoms with Gasteiger partial charge in [0.1, 0.15) is 11.2 Å². The lowest BCUT2D eigenvalue weighted by atomic mass is 10.0. The molecule has 1 N–H and O–H groups in total. The average molecular weight is 374 g/mol. The van der Waals surface area contributed by atoms with E-state index in [9.17, 15) is 9.59 Å². The largest absolute Gasteiger partial charge is 0.281 e. The van der Waals surface area contributed by atoms with Crippen LogP contribution in [-0.2, 0) is 4.79 Å². The van der Waals surface area contributed by atoms with Gasteiger partial charge in [-0.3, -0.25) is 15.0 Å². The van der Waals surface area contributed by atoms with Crippen molar-refractivity contribution >= 4 is 39.2 Å². The molecule has 0 atom stereocenters. The number of rotatable bonds is 6. The van der Waals surface area contributed by atoms with Gasteiger partial charge in [-0.1, -0.05) is 30.3 Å². The number of nitrogens with zero attached hydrogens (tertiary/aromatic N) is 2. The zero-order chi connectivity index (χ0) is 17.8. The Bertz CT molecular complexity index is 948. The highest BCUT2D eigenvalue weighted by molar-refractivity contribution is 7.98. The minimum atomic E-state index is -0.244. The third-order valence-corrected chi connectivity index (χ3v) is 5.56. The summed E-state index contributed by atoms with van der Waals surface area (Å²) in [6.45, 7) is 1.99. The van der Waals surface area contributed by atoms with Gasteiger partial charge in [0.05, 0.1) is 5.39 Å². The molecule has 3 aromatic rings. The van der Waals surface area contributed by atoms with Gasteiger partial charge >= 0.3 is 0 Å². The lowest BCUT2D eigenvalue weighted by Gasteiger charge is -2.08. The van der Waals surface area contributed by atoms with E-state index in [1.807, 2.05) is 43.5 Å². The maximum atomic E-state index is 12.9. The first kappa shape index (κ1) is 17.7. The van der Waals surface area contributed by atoms with E-state index in [1.165, 1.54) is 22.3 Å². The molecule has 1 aromatic carbocycles. The Labute approximate surface area is 154 Å². The SMILES string of the molecule is CSCCCC(=O)Nn1cnc2sc(C)c(-c3ccccc3)c2c1=O. The van der Waals surface area contributed by atoms with Crippen molar-refractivity contribution in [3.05, 3.63) is 51.9 Å². The highest BCUT2D eigenvalue weighted by Gasteiger charge is 2.17. The summed E-state index contributed by atoms with van der Waals surface area (Å²) in [6, 6.07) is 9.79. The highest BCUT2D eigenvalue weighted by atomic mass is 32.2. The zero-order valence-corrected chi connectivity index (χ0v) is 15.7. The van der Waals surface area contributed by atoms with Crippen LogP contribution in [-0.4, -0.2) is 27.6 Å². The maximum absolute atomic E-state index is 12.9. The van der Waals surface area contributed by atoms with Crippen molar-refractivity contribution in [2.75, 3.05) is 17.4 Å². The minimum Gasteiger partial charge on any atom is -0.273 e. The molecule has 0 spiro atoms. The van der Waals surface area contributed by atoms with Gasteiger partial charge in [0.25, 0.3) is 5.56 Å². The van der Waals surface area contributed by atoms with E-state index < -0.39 is 0 Å². The van der Waals surface area contributed by atoms with Gasteiger partial charge in [0.2, 0.25) is 5.91 Å². The standard InChI is InChI=1S/C18H19N3O2S2/c1-12-15(13-7-4-3-5-8-13)16-17(25-12)19-11-21(18(16)23)20-14(22)9-6-10-24-2/h3-5,7-8,11H,6,9-10H2,1-2H3,(H,20,22). The number of hydrogen-bond donors (Lipinski definition) is 1. The van der Waals surface area contributed by atoms with Crippen molar-refractivity contribution in [2.24, 2.45) is 0 Å². The number of aromatic nitrogens is 2. The average Bonchev–Trinajstić information content (AvgIpc) is 2.95. The fraction of sp³-hybridized carbons (Fsp3) is 0.278. The van der Waals surface area contributed by atoms with Crippen LogP contribution in [0, 0.1) is 6.92 Å². The predicted molar refractivity (Wildman–Crippen MR) is 106 cm³/mol. The van der Waals surface area contributed by atoms with Crippen LogP contribution in [0.25, 0.3) is 21.3 Å². The number of hydrogen-bond acceptors (Lipinski definition) is 5. The molecular formula is C18H19N3O2S2. The van der Waals surface area contributed by atoms with Crippen LogP contribution >= 0.6 is 23.1 Å². The Morgan fingerprint density at radius 3 is 2.80 bits per heavy atom. The third kappa shape index (κ3) is 3.77. The van der Waals surface area contributed by atoms with Crippen LogP contribution in [0.2, 0.25) is 0 Å². The summed E-state index contributed by atoms with van der Waals surface area (Å²) in [5.41, 5.74) is 4.28. The highest BCUT2D eigenvalue weighted by Crippen LogP contribution is 2.35. The molecule has 2 heterocycles. The van der Waals surface area contributed by atoms with Crippen LogP contribution in [0.1, 0.15) is 17.7 Å². The zero-order valence-electron chi connectivity index (χ0n) is 14.1. The number of aryl methyl sites for hydroxylation is 1. The number of thiophene rings is 1. The van der Waals surface area contributed by atoms with E-state index in [4.69, 9.17) is 0 Å². The molecule has 2 aromatic heterocycles. The molecule has 0 aliphatic rings. The summed E-state index contributed by atoms with van der Waals surface area (Å²) >= 11 is 3.19. The first-order chi connectivity index (χ1) is 12.1. The van der Waals surface area contributed by atoms with Gasteiger partial charge < -0.3 is 0 Å². The molecule has 3 rings (SSSR count). The number of carbonyl (C=O) groups is 1. The molecule has 1 amide bonds. The van der Waals surface area contributed by atoms with Gasteiger partial charge in [0.15, 0.2) is 0 Å². The quantitative estimate of drug-likeness (QED) is 0.670. The fourth-order valence-electron chi connectivity index (χ4n) is 2.70. The first-order valence-electron chi connectivity index (χ1n) is 7.96. The molecule has 0 saturated carbocycles. The molecule has 0 saturated heterocycles. The van der Waals surface area contributed by atoms with Gasteiger partial charge in [-0.25, -0.2) is 9.66 Å². The first-order valence-corrected chi connectivity index (χ1v) is 10.2. The van der Waals surface area contributed by atoms with Crippen LogP contribution in [0.3, 0.4) is 0 Å². The molecule has 0 radical (unpaired) electrons. The fourth-order valence-corrected chi connectivity index (χ4v) is 4.14. The maximum Gasteiger partial charge on any atom is 0.281 e. The summed E-state index contributed by atoms with van der Waals surface area (Å²) in [4.78, 5) is 31.0. The summed E-state index contributed by atoms with van der Waals surface area (Å²) in [5, 5.41) is 0.556. The topological polar surface area (TPSA) is 64.0 Å². The van der Waals surface area contributed by atoms with Crippen molar-refractivity contribution in [2.45, 2.75) is 19.8 Å². The van der Waals surface area contributed by atoms with E-state index >= 15 is 0 Å². The second-order valence-corrected chi connectivity index (χ2v) is 7.82. The van der Waals surface area contributed by atoms with Crippen molar-refractivity contribution < 1.29 is 4.79 Å². The van der Waals surface area contributed by atoms with Gasteiger partial charge in [-0.05, 0) is 30.9 Å². The monoisotopic (exact) mass is 373 g/mol. The van der Waals surface area contributed by atoms with E-state index in [1.54, 1.807) is 11.8 Å². The van der Waals surface area contributed by atoms with Gasteiger partial charge in [-0.2, -0.15) is 11.8 Å². The van der Waals surface area contributed by atoms with Crippen molar-refractivity contribution in [1.29, 1.82) is 0 Å². The molecule has 0 fully saturated rings. The number of benzene rings is 1. The Morgan fingerprint density at radius 2 is 2.08 bits per heavy atom. The lowest BCUT2D eigenvalue weighted by Crippen LogP contribution is -2.33. The Hall–Kier alpha value is -2.12. The molecule has 130 valence electrons. The molecule has 0 aliphatic heterocycles. The van der Waals surface area contributed by atoms with Crippen LogP contribution in [0.15, 0.2) is 41.5 Å². The third-order valence-electron chi connectivity index (χ3n) is 3.85. The van der Waals surface area contributed by atoms with E-state index in [0.29, 0.717) is 16.6 Å². The second kappa shape index (κ2) is 7.84. The molecule has 0 unspecified atom stereocenters. The summed E-state index contributed by atoms with van der Waals surface area (Å²) in [7, 11) is 0. The van der Waals surface area contributed by atoms with E-state index in [-0.39, 0.29) is 11.5 Å². The van der Waals surface area contributed by atoms with Crippen LogP contribution in [0.5, 0.6) is 0 Å².